The van der Waals surface area contributed by atoms with E-state index in [-0.39, 0.29) is 5.92 Å². The zero-order valence-corrected chi connectivity index (χ0v) is 16.6. The number of phenolic OH excluding ortho intramolecular Hbond substituents is 1. The minimum atomic E-state index is 0.0432. The van der Waals surface area contributed by atoms with Crippen molar-refractivity contribution in [3.8, 4) is 5.75 Å². The van der Waals surface area contributed by atoms with E-state index in [1.54, 1.807) is 0 Å². The highest BCUT2D eigenvalue weighted by atomic mass is 16.3. The number of aromatic hydroxyl groups is 1. The van der Waals surface area contributed by atoms with Gasteiger partial charge in [-0.05, 0) is 79.1 Å². The van der Waals surface area contributed by atoms with Crippen LogP contribution >= 0.6 is 0 Å². The molecule has 0 saturated heterocycles. The fourth-order valence-corrected chi connectivity index (χ4v) is 3.74. The van der Waals surface area contributed by atoms with Crippen LogP contribution in [0.3, 0.4) is 0 Å². The van der Waals surface area contributed by atoms with Crippen LogP contribution in [-0.2, 0) is 0 Å². The molecule has 1 unspecified atom stereocenters. The maximum Gasteiger partial charge on any atom is 0.150 e. The van der Waals surface area contributed by atoms with Crippen molar-refractivity contribution in [2.75, 3.05) is 0 Å². The highest BCUT2D eigenvalue weighted by molar-refractivity contribution is 5.74. The third kappa shape index (κ3) is 3.66. The van der Waals surface area contributed by atoms with Crippen LogP contribution in [0.5, 0.6) is 5.75 Å². The second-order valence-electron chi connectivity index (χ2n) is 7.50. The lowest BCUT2D eigenvalue weighted by atomic mass is 9.82. The smallest absolute Gasteiger partial charge is 0.150 e. The molecule has 3 rings (SSSR count). The van der Waals surface area contributed by atoms with Gasteiger partial charge in [-0.3, -0.25) is 4.79 Å². The van der Waals surface area contributed by atoms with Crippen LogP contribution in [0, 0.1) is 34.6 Å². The second kappa shape index (κ2) is 7.40. The Morgan fingerprint density at radius 1 is 0.704 bits per heavy atom. The molecule has 0 aliphatic carbocycles. The molecule has 27 heavy (non-hydrogen) atoms. The first kappa shape index (κ1) is 18.9. The van der Waals surface area contributed by atoms with E-state index in [1.165, 1.54) is 22.3 Å². The van der Waals surface area contributed by atoms with Gasteiger partial charge in [-0.25, -0.2) is 0 Å². The van der Waals surface area contributed by atoms with Crippen molar-refractivity contribution in [3.05, 3.63) is 98.6 Å². The molecule has 0 fully saturated rings. The summed E-state index contributed by atoms with van der Waals surface area (Å²) >= 11 is 0. The van der Waals surface area contributed by atoms with E-state index in [0.29, 0.717) is 11.3 Å². The van der Waals surface area contributed by atoms with E-state index in [9.17, 15) is 9.90 Å². The van der Waals surface area contributed by atoms with Crippen molar-refractivity contribution in [2.24, 2.45) is 0 Å². The fourth-order valence-electron chi connectivity index (χ4n) is 3.74. The lowest BCUT2D eigenvalue weighted by Crippen LogP contribution is -2.06. The summed E-state index contributed by atoms with van der Waals surface area (Å²) in [6.07, 6.45) is 0.869. The summed E-state index contributed by atoms with van der Waals surface area (Å²) in [6, 6.07) is 16.4. The number of aryl methyl sites for hydroxylation is 4. The number of carbonyl (C=O) groups excluding carboxylic acids is 1. The van der Waals surface area contributed by atoms with Crippen LogP contribution in [0.1, 0.15) is 60.8 Å². The molecule has 0 aromatic heterocycles. The monoisotopic (exact) mass is 358 g/mol. The number of phenols is 1. The molecule has 0 aliphatic rings. The third-order valence-electron chi connectivity index (χ3n) is 5.54. The lowest BCUT2D eigenvalue weighted by molar-refractivity contribution is 0.112. The van der Waals surface area contributed by atoms with Crippen LogP contribution in [-0.4, -0.2) is 11.4 Å². The summed E-state index contributed by atoms with van der Waals surface area (Å²) < 4.78 is 0. The topological polar surface area (TPSA) is 37.3 Å². The molecule has 0 aliphatic heterocycles. The number of carbonyl (C=O) groups is 1. The number of rotatable bonds is 4. The SMILES string of the molecule is Cc1cc(C(c2ccc(C=O)cc2)c2cc(C)c(O)c(C)c2)cc(C)c1C. The maximum atomic E-state index is 11.1. The first-order chi connectivity index (χ1) is 12.8. The van der Waals surface area contributed by atoms with Crippen LogP contribution in [0.4, 0.5) is 0 Å². The van der Waals surface area contributed by atoms with Gasteiger partial charge in [-0.2, -0.15) is 0 Å². The predicted octanol–water partition coefficient (Wildman–Crippen LogP) is 5.93. The van der Waals surface area contributed by atoms with Gasteiger partial charge in [0.2, 0.25) is 0 Å². The second-order valence-corrected chi connectivity index (χ2v) is 7.50. The normalized spacial score (nSPS) is 12.0. The minimum Gasteiger partial charge on any atom is -0.507 e. The van der Waals surface area contributed by atoms with E-state index < -0.39 is 0 Å². The van der Waals surface area contributed by atoms with E-state index in [4.69, 9.17) is 0 Å². The van der Waals surface area contributed by atoms with Gasteiger partial charge in [0.25, 0.3) is 0 Å². The van der Waals surface area contributed by atoms with Gasteiger partial charge in [-0.15, -0.1) is 0 Å². The Kier molecular flexibility index (Phi) is 5.18. The zero-order chi connectivity index (χ0) is 19.7. The number of hydrogen-bond donors (Lipinski definition) is 1. The van der Waals surface area contributed by atoms with Gasteiger partial charge < -0.3 is 5.11 Å². The average molecular weight is 358 g/mol. The van der Waals surface area contributed by atoms with E-state index >= 15 is 0 Å². The molecule has 138 valence electrons. The van der Waals surface area contributed by atoms with Crippen molar-refractivity contribution in [1.29, 1.82) is 0 Å². The van der Waals surface area contributed by atoms with Gasteiger partial charge in [0.15, 0.2) is 0 Å². The van der Waals surface area contributed by atoms with Crippen LogP contribution in [0.2, 0.25) is 0 Å². The van der Waals surface area contributed by atoms with Gasteiger partial charge in [0, 0.05) is 11.5 Å². The van der Waals surface area contributed by atoms with E-state index in [1.807, 2.05) is 38.1 Å². The Labute approximate surface area is 161 Å². The summed E-state index contributed by atoms with van der Waals surface area (Å²) in [5, 5.41) is 10.2. The Hall–Kier alpha value is -2.87. The van der Waals surface area contributed by atoms with Crippen LogP contribution < -0.4 is 0 Å². The van der Waals surface area contributed by atoms with Crippen molar-refractivity contribution in [3.63, 3.8) is 0 Å². The average Bonchev–Trinajstić information content (AvgIpc) is 2.64. The molecule has 0 spiro atoms. The molecule has 3 aromatic carbocycles. The van der Waals surface area contributed by atoms with Gasteiger partial charge in [-0.1, -0.05) is 48.5 Å². The summed E-state index contributed by atoms with van der Waals surface area (Å²) in [6.45, 7) is 10.3. The number of benzene rings is 3. The summed E-state index contributed by atoms with van der Waals surface area (Å²) in [4.78, 5) is 11.1. The Balaban J connectivity index is 2.24. The molecule has 0 bridgehead atoms. The fraction of sp³-hybridized carbons (Fsp3) is 0.240. The van der Waals surface area contributed by atoms with Gasteiger partial charge in [0.05, 0.1) is 0 Å². The molecule has 0 radical (unpaired) electrons. The van der Waals surface area contributed by atoms with Crippen molar-refractivity contribution in [1.82, 2.24) is 0 Å². The standard InChI is InChI=1S/C25H26O2/c1-15-10-22(11-16(2)19(15)5)24(21-8-6-20(14-26)7-9-21)23-12-17(3)25(27)18(4)13-23/h6-14,24,27H,1-5H3. The highest BCUT2D eigenvalue weighted by Crippen LogP contribution is 2.37. The molecule has 3 aromatic rings. The molecule has 2 heteroatoms. The molecular formula is C25H26O2. The van der Waals surface area contributed by atoms with E-state index in [0.717, 1.165) is 28.5 Å². The van der Waals surface area contributed by atoms with Crippen LogP contribution in [0.25, 0.3) is 0 Å². The van der Waals surface area contributed by atoms with Gasteiger partial charge in [0.1, 0.15) is 12.0 Å². The number of aldehydes is 1. The Morgan fingerprint density at radius 2 is 1.15 bits per heavy atom. The van der Waals surface area contributed by atoms with Crippen LogP contribution in [0.15, 0.2) is 48.5 Å². The molecule has 0 heterocycles. The minimum absolute atomic E-state index is 0.0432. The first-order valence-electron chi connectivity index (χ1n) is 9.24. The summed E-state index contributed by atoms with van der Waals surface area (Å²) in [5.41, 5.74) is 9.77. The van der Waals surface area contributed by atoms with Gasteiger partial charge >= 0.3 is 0 Å². The van der Waals surface area contributed by atoms with Crippen molar-refractivity contribution >= 4 is 6.29 Å². The molecular weight excluding hydrogens is 332 g/mol. The summed E-state index contributed by atoms with van der Waals surface area (Å²) in [5.74, 6) is 0.395. The molecule has 2 nitrogen and oxygen atoms in total. The largest absolute Gasteiger partial charge is 0.507 e. The van der Waals surface area contributed by atoms with E-state index in [2.05, 4.69) is 45.0 Å². The molecule has 1 N–H and O–H groups in total. The quantitative estimate of drug-likeness (QED) is 0.464. The third-order valence-corrected chi connectivity index (χ3v) is 5.54. The molecule has 1 atom stereocenters. The summed E-state index contributed by atoms with van der Waals surface area (Å²) in [7, 11) is 0. The molecule has 0 amide bonds. The Bertz CT molecular complexity index is 894. The highest BCUT2D eigenvalue weighted by Gasteiger charge is 2.20. The molecule has 0 saturated carbocycles. The van der Waals surface area contributed by atoms with Crippen molar-refractivity contribution in [2.45, 2.75) is 40.5 Å². The predicted molar refractivity (Wildman–Crippen MR) is 111 cm³/mol. The number of hydrogen-bond acceptors (Lipinski definition) is 2. The maximum absolute atomic E-state index is 11.1. The van der Waals surface area contributed by atoms with Crippen molar-refractivity contribution < 1.29 is 9.90 Å². The zero-order valence-electron chi connectivity index (χ0n) is 16.6. The Morgan fingerprint density at radius 3 is 1.59 bits per heavy atom. The lowest BCUT2D eigenvalue weighted by Gasteiger charge is -2.22. The first-order valence-corrected chi connectivity index (χ1v) is 9.24.